The minimum Gasteiger partial charge on any atom is -0.512 e. The Morgan fingerprint density at radius 2 is 1.78 bits per heavy atom. The number of esters is 1. The Balaban J connectivity index is 1.28. The van der Waals surface area contributed by atoms with Gasteiger partial charge in [-0.2, -0.15) is 0 Å². The van der Waals surface area contributed by atoms with Crippen LogP contribution in [0.1, 0.15) is 54.6 Å². The lowest BCUT2D eigenvalue weighted by molar-refractivity contribution is 0.0408. The first kappa shape index (κ1) is 24.3. The van der Waals surface area contributed by atoms with E-state index < -0.39 is 23.2 Å². The molecule has 10 heteroatoms. The first-order valence-corrected chi connectivity index (χ1v) is 12.1. The topological polar surface area (TPSA) is 109 Å². The van der Waals surface area contributed by atoms with E-state index in [2.05, 4.69) is 19.6 Å². The van der Waals surface area contributed by atoms with Gasteiger partial charge in [-0.15, -0.1) is 0 Å². The predicted molar refractivity (Wildman–Crippen MR) is 127 cm³/mol. The third kappa shape index (κ3) is 4.69. The van der Waals surface area contributed by atoms with Crippen LogP contribution in [0.15, 0.2) is 41.9 Å². The smallest absolute Gasteiger partial charge is 0.358 e. The molecule has 2 bridgehead atoms. The molecule has 0 amide bonds. The Kier molecular flexibility index (Phi) is 6.70. The zero-order valence-electron chi connectivity index (χ0n) is 19.9. The second kappa shape index (κ2) is 9.93. The summed E-state index contributed by atoms with van der Waals surface area (Å²) in [4.78, 5) is 22.5. The number of fused-ring (bicyclic) bond motifs is 2. The first-order chi connectivity index (χ1) is 17.4. The van der Waals surface area contributed by atoms with Crippen molar-refractivity contribution >= 4 is 17.5 Å². The summed E-state index contributed by atoms with van der Waals surface area (Å²) in [5.74, 6) is -1.63. The first-order valence-electron chi connectivity index (χ1n) is 12.1. The number of methoxy groups -OCH3 is 1. The number of aromatic nitrogens is 2. The molecular weight excluding hydrogens is 470 g/mol. The van der Waals surface area contributed by atoms with Crippen LogP contribution in [0.4, 0.5) is 14.6 Å². The van der Waals surface area contributed by atoms with Gasteiger partial charge in [0.05, 0.1) is 43.5 Å². The van der Waals surface area contributed by atoms with E-state index in [1.807, 2.05) is 0 Å². The summed E-state index contributed by atoms with van der Waals surface area (Å²) >= 11 is 0. The van der Waals surface area contributed by atoms with Gasteiger partial charge in [0, 0.05) is 23.6 Å². The lowest BCUT2D eigenvalue weighted by atomic mass is 9.98. The van der Waals surface area contributed by atoms with Gasteiger partial charge < -0.3 is 19.5 Å². The number of anilines is 1. The van der Waals surface area contributed by atoms with E-state index in [0.717, 1.165) is 37.8 Å². The number of hydrogen-bond acceptors (Lipinski definition) is 8. The number of ether oxygens (including phenoxy) is 2. The van der Waals surface area contributed by atoms with Gasteiger partial charge in [0.1, 0.15) is 23.2 Å². The van der Waals surface area contributed by atoms with Crippen LogP contribution in [0.25, 0.3) is 0 Å². The largest absolute Gasteiger partial charge is 0.512 e. The number of carbonyl (C=O) groups is 1. The van der Waals surface area contributed by atoms with Gasteiger partial charge >= 0.3 is 5.97 Å². The Morgan fingerprint density at radius 3 is 2.33 bits per heavy atom. The fourth-order valence-electron chi connectivity index (χ4n) is 5.27. The number of piperidine rings is 1. The number of nitrogens with zero attached hydrogens (tertiary/aromatic N) is 3. The second-order valence-electron chi connectivity index (χ2n) is 9.56. The maximum absolute atomic E-state index is 14.4. The van der Waals surface area contributed by atoms with Crippen molar-refractivity contribution < 1.29 is 28.2 Å². The number of benzene rings is 1. The minimum absolute atomic E-state index is 0.0102. The van der Waals surface area contributed by atoms with Crippen LogP contribution in [0.3, 0.4) is 0 Å². The van der Waals surface area contributed by atoms with Crippen LogP contribution < -0.4 is 4.90 Å². The Morgan fingerprint density at radius 1 is 1.11 bits per heavy atom. The Hall–Kier alpha value is -3.40. The van der Waals surface area contributed by atoms with Crippen LogP contribution >= 0.6 is 0 Å². The van der Waals surface area contributed by atoms with Gasteiger partial charge in [-0.3, -0.25) is 5.41 Å². The van der Waals surface area contributed by atoms with Crippen molar-refractivity contribution in [3.8, 4) is 0 Å². The zero-order chi connectivity index (χ0) is 25.4. The van der Waals surface area contributed by atoms with Gasteiger partial charge in [0.2, 0.25) is 0 Å². The molecule has 2 saturated heterocycles. The van der Waals surface area contributed by atoms with Crippen molar-refractivity contribution in [1.29, 1.82) is 5.41 Å². The molecule has 36 heavy (non-hydrogen) atoms. The van der Waals surface area contributed by atoms with E-state index in [4.69, 9.17) is 10.1 Å². The van der Waals surface area contributed by atoms with E-state index >= 15 is 0 Å². The number of aliphatic hydroxyl groups excluding tert-OH is 1. The fourth-order valence-corrected chi connectivity index (χ4v) is 5.27. The van der Waals surface area contributed by atoms with Gasteiger partial charge in [0.15, 0.2) is 5.69 Å². The number of aliphatic hydroxyl groups is 1. The van der Waals surface area contributed by atoms with E-state index in [-0.39, 0.29) is 53.5 Å². The number of hydrogen-bond donors (Lipinski definition) is 2. The minimum atomic E-state index is -0.841. The summed E-state index contributed by atoms with van der Waals surface area (Å²) in [6.07, 6.45) is 7.73. The molecule has 1 saturated carbocycles. The highest BCUT2D eigenvalue weighted by Crippen LogP contribution is 2.40. The maximum atomic E-state index is 14.4. The Bertz CT molecular complexity index is 1160. The van der Waals surface area contributed by atoms with Crippen LogP contribution in [0.2, 0.25) is 0 Å². The molecular formula is C26H28F2N4O4. The SMILES string of the molecule is COC(=O)c1cnc(N2C3CC[C@H]2CC(OC/C(C(=N)c2c(F)cccc2F)=C(/O)C2CC2)C3)cn1. The molecule has 190 valence electrons. The highest BCUT2D eigenvalue weighted by Gasteiger charge is 2.42. The van der Waals surface area contributed by atoms with Gasteiger partial charge in [-0.05, 0) is 50.7 Å². The lowest BCUT2D eigenvalue weighted by Crippen LogP contribution is -2.46. The number of rotatable bonds is 8. The molecule has 1 aromatic carbocycles. The van der Waals surface area contributed by atoms with Crippen LogP contribution in [-0.4, -0.2) is 58.7 Å². The molecule has 2 aliphatic heterocycles. The molecule has 1 aliphatic carbocycles. The number of carbonyl (C=O) groups excluding carboxylic acids is 1. The van der Waals surface area contributed by atoms with Gasteiger partial charge in [-0.25, -0.2) is 23.5 Å². The third-order valence-electron chi connectivity index (χ3n) is 7.24. The van der Waals surface area contributed by atoms with E-state index in [9.17, 15) is 18.7 Å². The van der Waals surface area contributed by atoms with Crippen molar-refractivity contribution in [2.24, 2.45) is 5.92 Å². The van der Waals surface area contributed by atoms with E-state index in [1.54, 1.807) is 6.20 Å². The molecule has 2 N–H and O–H groups in total. The third-order valence-corrected chi connectivity index (χ3v) is 7.24. The predicted octanol–water partition coefficient (Wildman–Crippen LogP) is 4.35. The monoisotopic (exact) mass is 498 g/mol. The standard InChI is InChI=1S/C26H28F2N4O4/c1-35-26(34)21-11-31-22(12-30-21)32-15-7-8-16(32)10-17(9-15)36-13-18(25(33)14-5-6-14)24(29)23-19(27)3-2-4-20(23)28/h2-4,11-12,14-17,29,33H,5-10,13H2,1H3/b25-18-,29-24?/t15-,16?,17?/m0/s1. The lowest BCUT2D eigenvalue weighted by Gasteiger charge is -2.39. The molecule has 2 unspecified atom stereocenters. The highest BCUT2D eigenvalue weighted by molar-refractivity contribution is 6.11. The summed E-state index contributed by atoms with van der Waals surface area (Å²) < 4.78 is 39.6. The molecule has 3 aliphatic rings. The molecule has 5 rings (SSSR count). The highest BCUT2D eigenvalue weighted by atomic mass is 19.1. The summed E-state index contributed by atoms with van der Waals surface area (Å²) in [5.41, 5.74) is -0.542. The van der Waals surface area contributed by atoms with Crippen molar-refractivity contribution in [3.63, 3.8) is 0 Å². The van der Waals surface area contributed by atoms with Gasteiger partial charge in [-0.1, -0.05) is 6.07 Å². The van der Waals surface area contributed by atoms with Crippen LogP contribution in [0, 0.1) is 23.0 Å². The Labute approximate surface area is 207 Å². The molecule has 1 aromatic heterocycles. The van der Waals surface area contributed by atoms with E-state index in [1.165, 1.54) is 19.4 Å². The molecule has 3 fully saturated rings. The average Bonchev–Trinajstić information content (AvgIpc) is 3.69. The molecule has 2 aromatic rings. The van der Waals surface area contributed by atoms with Crippen molar-refractivity contribution in [3.05, 3.63) is 64.8 Å². The maximum Gasteiger partial charge on any atom is 0.358 e. The molecule has 3 atom stereocenters. The van der Waals surface area contributed by atoms with Gasteiger partial charge in [0.25, 0.3) is 0 Å². The van der Waals surface area contributed by atoms with Crippen molar-refractivity contribution in [2.75, 3.05) is 18.6 Å². The zero-order valence-corrected chi connectivity index (χ0v) is 19.9. The number of halogens is 2. The van der Waals surface area contributed by atoms with Crippen LogP contribution in [-0.2, 0) is 9.47 Å². The second-order valence-corrected chi connectivity index (χ2v) is 9.56. The summed E-state index contributed by atoms with van der Waals surface area (Å²) in [5, 5.41) is 19.2. The molecule has 0 radical (unpaired) electrons. The summed E-state index contributed by atoms with van der Waals surface area (Å²) in [6, 6.07) is 3.79. The van der Waals surface area contributed by atoms with Crippen molar-refractivity contribution in [1.82, 2.24) is 9.97 Å². The quantitative estimate of drug-likeness (QED) is 0.316. The average molecular weight is 499 g/mol. The van der Waals surface area contributed by atoms with Crippen LogP contribution in [0.5, 0.6) is 0 Å². The molecule has 3 heterocycles. The molecule has 8 nitrogen and oxygen atoms in total. The molecule has 0 spiro atoms. The summed E-state index contributed by atoms with van der Waals surface area (Å²) in [7, 11) is 1.29. The van der Waals surface area contributed by atoms with E-state index in [0.29, 0.717) is 18.7 Å². The summed E-state index contributed by atoms with van der Waals surface area (Å²) in [6.45, 7) is -0.0906. The normalized spacial score (nSPS) is 23.9. The number of allylic oxidation sites excluding steroid dienone is 1. The fraction of sp³-hybridized carbons (Fsp3) is 0.462. The number of nitrogens with one attached hydrogen (secondary N) is 1. The van der Waals surface area contributed by atoms with Crippen molar-refractivity contribution in [2.45, 2.75) is 56.7 Å².